The minimum Gasteiger partial charge on any atom is -0.496 e. The largest absolute Gasteiger partial charge is 0.496 e. The Labute approximate surface area is 96.8 Å². The molecule has 0 saturated carbocycles. The molecule has 3 heteroatoms. The number of carbonyl (C=O) groups excluding carboxylic acids is 1. The van der Waals surface area contributed by atoms with E-state index in [0.29, 0.717) is 6.42 Å². The molecular formula is C13H19NO2. The maximum absolute atomic E-state index is 11.7. The smallest absolute Gasteiger partial charge is 0.141 e. The molecule has 0 fully saturated rings. The van der Waals surface area contributed by atoms with Crippen molar-refractivity contribution in [3.8, 4) is 5.75 Å². The summed E-state index contributed by atoms with van der Waals surface area (Å²) in [7, 11) is 1.64. The van der Waals surface area contributed by atoms with Crippen LogP contribution < -0.4 is 4.74 Å². The van der Waals surface area contributed by atoms with Crippen molar-refractivity contribution >= 4 is 5.78 Å². The van der Waals surface area contributed by atoms with Gasteiger partial charge in [0.15, 0.2) is 0 Å². The highest BCUT2D eigenvalue weighted by molar-refractivity contribution is 5.82. The van der Waals surface area contributed by atoms with Gasteiger partial charge in [0, 0.05) is 29.7 Å². The average molecular weight is 221 g/mol. The number of aryl methyl sites for hydroxylation is 1. The molecule has 0 bridgehead atoms. The summed E-state index contributed by atoms with van der Waals surface area (Å²) in [6.45, 7) is 7.71. The predicted octanol–water partition coefficient (Wildman–Crippen LogP) is 2.47. The zero-order valence-corrected chi connectivity index (χ0v) is 10.6. The minimum atomic E-state index is 0.0495. The van der Waals surface area contributed by atoms with E-state index in [-0.39, 0.29) is 11.7 Å². The van der Waals surface area contributed by atoms with E-state index in [4.69, 9.17) is 4.74 Å². The molecule has 0 aliphatic carbocycles. The van der Waals surface area contributed by atoms with Gasteiger partial charge in [0.2, 0.25) is 0 Å². The fraction of sp³-hybridized carbons (Fsp3) is 0.538. The molecule has 0 aliphatic rings. The van der Waals surface area contributed by atoms with Crippen molar-refractivity contribution < 1.29 is 9.53 Å². The zero-order chi connectivity index (χ0) is 12.3. The van der Waals surface area contributed by atoms with Crippen LogP contribution in [0.5, 0.6) is 5.75 Å². The molecule has 88 valence electrons. The molecule has 1 rings (SSSR count). The lowest BCUT2D eigenvalue weighted by atomic mass is 10.0. The van der Waals surface area contributed by atoms with Gasteiger partial charge in [0.1, 0.15) is 11.5 Å². The summed E-state index contributed by atoms with van der Waals surface area (Å²) >= 11 is 0. The highest BCUT2D eigenvalue weighted by Crippen LogP contribution is 2.24. The van der Waals surface area contributed by atoms with Crippen LogP contribution in [0.25, 0.3) is 0 Å². The molecule has 1 aromatic rings. The highest BCUT2D eigenvalue weighted by Gasteiger charge is 2.14. The number of ether oxygens (including phenoxy) is 1. The van der Waals surface area contributed by atoms with E-state index in [0.717, 1.165) is 22.6 Å². The first-order valence-corrected chi connectivity index (χ1v) is 5.49. The Kier molecular flexibility index (Phi) is 4.05. The molecule has 0 spiro atoms. The van der Waals surface area contributed by atoms with Crippen LogP contribution in [0.1, 0.15) is 30.7 Å². The van der Waals surface area contributed by atoms with Gasteiger partial charge in [-0.2, -0.15) is 0 Å². The first kappa shape index (κ1) is 12.7. The number of hydrogen-bond acceptors (Lipinski definition) is 3. The van der Waals surface area contributed by atoms with E-state index < -0.39 is 0 Å². The standard InChI is InChI=1S/C13H19NO2/c1-8(2)12(15)6-11-10(4)13(16-5)9(3)7-14-11/h7-8H,6H2,1-5H3. The number of carbonyl (C=O) groups is 1. The summed E-state index contributed by atoms with van der Waals surface area (Å²) in [5.74, 6) is 1.09. The quantitative estimate of drug-likeness (QED) is 0.784. The average Bonchev–Trinajstić information content (AvgIpc) is 2.22. The first-order valence-electron chi connectivity index (χ1n) is 5.49. The second-order valence-electron chi connectivity index (χ2n) is 4.34. The van der Waals surface area contributed by atoms with Crippen molar-refractivity contribution in [2.75, 3.05) is 7.11 Å². The molecule has 1 heterocycles. The summed E-state index contributed by atoms with van der Waals surface area (Å²) < 4.78 is 5.31. The molecule has 0 radical (unpaired) electrons. The zero-order valence-electron chi connectivity index (χ0n) is 10.6. The third kappa shape index (κ3) is 2.60. The number of ketones is 1. The monoisotopic (exact) mass is 221 g/mol. The predicted molar refractivity (Wildman–Crippen MR) is 63.8 cm³/mol. The van der Waals surface area contributed by atoms with Crippen LogP contribution in [0.3, 0.4) is 0 Å². The summed E-state index contributed by atoms with van der Waals surface area (Å²) in [6, 6.07) is 0. The third-order valence-electron chi connectivity index (χ3n) is 2.74. The van der Waals surface area contributed by atoms with Crippen molar-refractivity contribution in [2.45, 2.75) is 34.1 Å². The van der Waals surface area contributed by atoms with Crippen LogP contribution >= 0.6 is 0 Å². The molecule has 1 aromatic heterocycles. The maximum atomic E-state index is 11.7. The van der Waals surface area contributed by atoms with Gasteiger partial charge in [0.05, 0.1) is 12.8 Å². The molecule has 0 aromatic carbocycles. The number of hydrogen-bond donors (Lipinski definition) is 0. The Bertz CT molecular complexity index is 397. The van der Waals surface area contributed by atoms with E-state index in [9.17, 15) is 4.79 Å². The van der Waals surface area contributed by atoms with Gasteiger partial charge in [-0.1, -0.05) is 13.8 Å². The third-order valence-corrected chi connectivity index (χ3v) is 2.74. The van der Waals surface area contributed by atoms with Crippen LogP contribution in [0, 0.1) is 19.8 Å². The SMILES string of the molecule is COc1c(C)cnc(CC(=O)C(C)C)c1C. The lowest BCUT2D eigenvalue weighted by molar-refractivity contribution is -0.121. The number of rotatable bonds is 4. The number of methoxy groups -OCH3 is 1. The molecule has 0 saturated heterocycles. The highest BCUT2D eigenvalue weighted by atomic mass is 16.5. The molecule has 0 unspecified atom stereocenters. The second kappa shape index (κ2) is 5.10. The Morgan fingerprint density at radius 1 is 1.44 bits per heavy atom. The molecule has 0 N–H and O–H groups in total. The lowest BCUT2D eigenvalue weighted by Gasteiger charge is -2.12. The Morgan fingerprint density at radius 3 is 2.56 bits per heavy atom. The van der Waals surface area contributed by atoms with E-state index in [1.165, 1.54) is 0 Å². The second-order valence-corrected chi connectivity index (χ2v) is 4.34. The van der Waals surface area contributed by atoms with Crippen molar-refractivity contribution in [2.24, 2.45) is 5.92 Å². The van der Waals surface area contributed by atoms with Crippen molar-refractivity contribution in [3.63, 3.8) is 0 Å². The number of Topliss-reactive ketones (excluding diaryl/α,β-unsaturated/α-hetero) is 1. The van der Waals surface area contributed by atoms with Crippen LogP contribution in [0.2, 0.25) is 0 Å². The molecule has 3 nitrogen and oxygen atoms in total. The molecule has 0 amide bonds. The van der Waals surface area contributed by atoms with Gasteiger partial charge in [-0.15, -0.1) is 0 Å². The first-order chi connectivity index (χ1) is 7.47. The van der Waals surface area contributed by atoms with Crippen molar-refractivity contribution in [3.05, 3.63) is 23.0 Å². The van der Waals surface area contributed by atoms with Gasteiger partial charge in [-0.05, 0) is 13.8 Å². The van der Waals surface area contributed by atoms with Gasteiger partial charge < -0.3 is 4.74 Å². The fourth-order valence-corrected chi connectivity index (χ4v) is 1.62. The van der Waals surface area contributed by atoms with E-state index in [1.54, 1.807) is 13.3 Å². The molecule has 0 atom stereocenters. The van der Waals surface area contributed by atoms with E-state index >= 15 is 0 Å². The van der Waals surface area contributed by atoms with Crippen LogP contribution in [-0.4, -0.2) is 17.9 Å². The van der Waals surface area contributed by atoms with E-state index in [1.807, 2.05) is 27.7 Å². The summed E-state index contributed by atoms with van der Waals surface area (Å²) in [5.41, 5.74) is 2.79. The van der Waals surface area contributed by atoms with E-state index in [2.05, 4.69) is 4.98 Å². The van der Waals surface area contributed by atoms with Crippen LogP contribution in [0.4, 0.5) is 0 Å². The van der Waals surface area contributed by atoms with Gasteiger partial charge >= 0.3 is 0 Å². The minimum absolute atomic E-state index is 0.0495. The van der Waals surface area contributed by atoms with Crippen LogP contribution in [-0.2, 0) is 11.2 Å². The van der Waals surface area contributed by atoms with Crippen LogP contribution in [0.15, 0.2) is 6.20 Å². The van der Waals surface area contributed by atoms with Crippen molar-refractivity contribution in [1.82, 2.24) is 4.98 Å². The van der Waals surface area contributed by atoms with Gasteiger partial charge in [-0.3, -0.25) is 9.78 Å². The fourth-order valence-electron chi connectivity index (χ4n) is 1.62. The molecule has 0 aliphatic heterocycles. The molecular weight excluding hydrogens is 202 g/mol. The van der Waals surface area contributed by atoms with Gasteiger partial charge in [0.25, 0.3) is 0 Å². The maximum Gasteiger partial charge on any atom is 0.141 e. The van der Waals surface area contributed by atoms with Gasteiger partial charge in [-0.25, -0.2) is 0 Å². The number of pyridine rings is 1. The molecule has 16 heavy (non-hydrogen) atoms. The Balaban J connectivity index is 3.03. The number of aromatic nitrogens is 1. The lowest BCUT2D eigenvalue weighted by Crippen LogP contribution is -2.13. The summed E-state index contributed by atoms with van der Waals surface area (Å²) in [6.07, 6.45) is 2.15. The number of nitrogens with zero attached hydrogens (tertiary/aromatic N) is 1. The Hall–Kier alpha value is -1.38. The normalized spacial score (nSPS) is 10.6. The topological polar surface area (TPSA) is 39.2 Å². The summed E-state index contributed by atoms with van der Waals surface area (Å²) in [4.78, 5) is 16.0. The van der Waals surface area contributed by atoms with Crippen molar-refractivity contribution in [1.29, 1.82) is 0 Å². The summed E-state index contributed by atoms with van der Waals surface area (Å²) in [5, 5.41) is 0. The Morgan fingerprint density at radius 2 is 2.06 bits per heavy atom.